The van der Waals surface area contributed by atoms with Crippen LogP contribution in [-0.4, -0.2) is 21.8 Å². The molecule has 0 saturated carbocycles. The number of phenols is 1. The van der Waals surface area contributed by atoms with Crippen molar-refractivity contribution in [1.29, 1.82) is 0 Å². The molecule has 0 radical (unpaired) electrons. The van der Waals surface area contributed by atoms with Crippen molar-refractivity contribution in [2.45, 2.75) is 57.7 Å². The summed E-state index contributed by atoms with van der Waals surface area (Å²) >= 11 is 3.09. The van der Waals surface area contributed by atoms with Gasteiger partial charge in [0.1, 0.15) is 11.1 Å². The summed E-state index contributed by atoms with van der Waals surface area (Å²) in [5.41, 5.74) is 2.49. The highest BCUT2D eigenvalue weighted by Gasteiger charge is 2.37. The number of amides is 1. The molecule has 2 heterocycles. The first kappa shape index (κ1) is 19.2. The Morgan fingerprint density at radius 1 is 1.12 bits per heavy atom. The van der Waals surface area contributed by atoms with E-state index >= 15 is 0 Å². The zero-order valence-electron chi connectivity index (χ0n) is 16.2. The van der Waals surface area contributed by atoms with E-state index in [2.05, 4.69) is 58.7 Å². The highest BCUT2D eigenvalue weighted by atomic mass is 32.2. The molecule has 1 saturated heterocycles. The van der Waals surface area contributed by atoms with Gasteiger partial charge in [0.05, 0.1) is 5.75 Å². The summed E-state index contributed by atoms with van der Waals surface area (Å²) in [5.74, 6) is 0.891. The lowest BCUT2D eigenvalue weighted by molar-refractivity contribution is -0.115. The fourth-order valence-corrected chi connectivity index (χ4v) is 5.04. The Hall–Kier alpha value is -1.53. The number of carbonyl (C=O) groups is 1. The first-order valence-electron chi connectivity index (χ1n) is 8.71. The van der Waals surface area contributed by atoms with E-state index in [0.717, 1.165) is 21.8 Å². The first-order valence-corrected chi connectivity index (χ1v) is 10.6. The summed E-state index contributed by atoms with van der Waals surface area (Å²) in [6.45, 7) is 12.6. The van der Waals surface area contributed by atoms with Crippen LogP contribution in [0, 0.1) is 0 Å². The normalized spacial score (nSPS) is 18.6. The number of anilines is 1. The summed E-state index contributed by atoms with van der Waals surface area (Å²) in [5, 5.41) is 13.4. The van der Waals surface area contributed by atoms with Gasteiger partial charge in [0, 0.05) is 11.6 Å². The zero-order chi connectivity index (χ0) is 19.3. The van der Waals surface area contributed by atoms with Crippen LogP contribution in [0.25, 0.3) is 0 Å². The molecule has 0 aliphatic carbocycles. The molecular weight excluding hydrogens is 364 g/mol. The molecule has 1 aromatic heterocycles. The van der Waals surface area contributed by atoms with Gasteiger partial charge in [-0.25, -0.2) is 4.98 Å². The van der Waals surface area contributed by atoms with Crippen molar-refractivity contribution in [3.63, 3.8) is 0 Å². The molecule has 1 amide bonds. The smallest absolute Gasteiger partial charge is 0.240 e. The lowest BCUT2D eigenvalue weighted by Gasteiger charge is -2.30. The van der Waals surface area contributed by atoms with Gasteiger partial charge in [0.15, 0.2) is 5.13 Å². The van der Waals surface area contributed by atoms with Crippen LogP contribution in [0.3, 0.4) is 0 Å². The third-order valence-corrected chi connectivity index (χ3v) is 6.51. The van der Waals surface area contributed by atoms with Crippen LogP contribution in [0.5, 0.6) is 5.75 Å². The Kier molecular flexibility index (Phi) is 4.86. The second-order valence-electron chi connectivity index (χ2n) is 8.71. The van der Waals surface area contributed by atoms with E-state index < -0.39 is 0 Å². The molecule has 0 spiro atoms. The largest absolute Gasteiger partial charge is 0.507 e. The van der Waals surface area contributed by atoms with E-state index in [-0.39, 0.29) is 22.1 Å². The molecule has 4 nitrogen and oxygen atoms in total. The molecule has 3 rings (SSSR count). The molecule has 1 atom stereocenters. The molecule has 0 bridgehead atoms. The van der Waals surface area contributed by atoms with Crippen molar-refractivity contribution in [2.75, 3.05) is 10.7 Å². The van der Waals surface area contributed by atoms with Crippen LogP contribution in [-0.2, 0) is 15.6 Å². The van der Waals surface area contributed by atoms with Crippen molar-refractivity contribution < 1.29 is 9.90 Å². The van der Waals surface area contributed by atoms with Crippen molar-refractivity contribution in [3.8, 4) is 5.75 Å². The maximum Gasteiger partial charge on any atom is 0.240 e. The van der Waals surface area contributed by atoms with Crippen LogP contribution in [0.4, 0.5) is 5.13 Å². The second kappa shape index (κ2) is 6.57. The monoisotopic (exact) mass is 390 g/mol. The van der Waals surface area contributed by atoms with Gasteiger partial charge in [-0.1, -0.05) is 41.5 Å². The van der Waals surface area contributed by atoms with Gasteiger partial charge in [-0.2, -0.15) is 0 Å². The van der Waals surface area contributed by atoms with Gasteiger partial charge in [0.2, 0.25) is 5.91 Å². The minimum absolute atomic E-state index is 0.0812. The molecule has 1 N–H and O–H groups in total. The number of phenolic OH excluding ortho intramolecular Hbond substituents is 1. The highest BCUT2D eigenvalue weighted by Crippen LogP contribution is 2.47. The van der Waals surface area contributed by atoms with E-state index in [1.54, 1.807) is 22.9 Å². The first-order chi connectivity index (χ1) is 12.0. The average Bonchev–Trinajstić information content (AvgIpc) is 3.14. The number of rotatable bonds is 2. The SMILES string of the molecule is CC(C)(C)c1cc(C2SCC(=O)N2c2nccs2)cc(C(C)(C)C)c1O. The molecule has 2 aromatic rings. The number of nitrogens with zero attached hydrogens (tertiary/aromatic N) is 2. The predicted molar refractivity (Wildman–Crippen MR) is 110 cm³/mol. The van der Waals surface area contributed by atoms with Crippen LogP contribution in [0.1, 0.15) is 63.6 Å². The number of hydrogen-bond donors (Lipinski definition) is 1. The van der Waals surface area contributed by atoms with E-state index in [1.807, 2.05) is 5.38 Å². The Bertz CT molecular complexity index is 782. The summed E-state index contributed by atoms with van der Waals surface area (Å²) in [7, 11) is 0. The molecule has 1 unspecified atom stereocenters. The van der Waals surface area contributed by atoms with Gasteiger partial charge in [-0.3, -0.25) is 9.69 Å². The Balaban J connectivity index is 2.17. The fourth-order valence-electron chi connectivity index (χ4n) is 3.16. The van der Waals surface area contributed by atoms with Crippen molar-refractivity contribution in [3.05, 3.63) is 40.4 Å². The maximum atomic E-state index is 12.5. The maximum absolute atomic E-state index is 12.5. The molecule has 26 heavy (non-hydrogen) atoms. The molecular formula is C20H26N2O2S2. The van der Waals surface area contributed by atoms with Gasteiger partial charge >= 0.3 is 0 Å². The molecule has 140 valence electrons. The Labute approximate surface area is 163 Å². The van der Waals surface area contributed by atoms with E-state index in [0.29, 0.717) is 11.5 Å². The average molecular weight is 391 g/mol. The Morgan fingerprint density at radius 3 is 2.15 bits per heavy atom. The summed E-state index contributed by atoms with van der Waals surface area (Å²) < 4.78 is 0. The van der Waals surface area contributed by atoms with Gasteiger partial charge < -0.3 is 5.11 Å². The number of benzene rings is 1. The van der Waals surface area contributed by atoms with Crippen molar-refractivity contribution >= 4 is 34.1 Å². The topological polar surface area (TPSA) is 53.4 Å². The van der Waals surface area contributed by atoms with Crippen LogP contribution in [0.2, 0.25) is 0 Å². The Morgan fingerprint density at radius 2 is 1.69 bits per heavy atom. The number of hydrogen-bond acceptors (Lipinski definition) is 5. The van der Waals surface area contributed by atoms with Crippen molar-refractivity contribution in [2.24, 2.45) is 0 Å². The fraction of sp³-hybridized carbons (Fsp3) is 0.500. The van der Waals surface area contributed by atoms with E-state index in [4.69, 9.17) is 0 Å². The molecule has 1 aliphatic rings. The number of aromatic hydroxyl groups is 1. The van der Waals surface area contributed by atoms with Crippen LogP contribution in [0.15, 0.2) is 23.7 Å². The molecule has 1 aliphatic heterocycles. The molecule has 1 fully saturated rings. The second-order valence-corrected chi connectivity index (χ2v) is 10.6. The van der Waals surface area contributed by atoms with Gasteiger partial charge in [-0.15, -0.1) is 23.1 Å². The third kappa shape index (κ3) is 3.49. The summed E-state index contributed by atoms with van der Waals surface area (Å²) in [6, 6.07) is 4.11. The summed E-state index contributed by atoms with van der Waals surface area (Å²) in [4.78, 5) is 18.6. The summed E-state index contributed by atoms with van der Waals surface area (Å²) in [6.07, 6.45) is 1.73. The lowest BCUT2D eigenvalue weighted by atomic mass is 9.78. The standard InChI is InChI=1S/C20H26N2O2S2/c1-19(2,3)13-9-12(10-14(16(13)24)20(4,5)6)17-22(15(23)11-26-17)18-21-7-8-25-18/h7-10,17,24H,11H2,1-6H3. The number of thioether (sulfide) groups is 1. The van der Waals surface area contributed by atoms with Crippen LogP contribution >= 0.6 is 23.1 Å². The minimum Gasteiger partial charge on any atom is -0.507 e. The van der Waals surface area contributed by atoms with Crippen molar-refractivity contribution in [1.82, 2.24) is 4.98 Å². The van der Waals surface area contributed by atoms with E-state index in [9.17, 15) is 9.90 Å². The molecule has 6 heteroatoms. The van der Waals surface area contributed by atoms with E-state index in [1.165, 1.54) is 11.3 Å². The highest BCUT2D eigenvalue weighted by molar-refractivity contribution is 8.00. The lowest BCUT2D eigenvalue weighted by Crippen LogP contribution is -2.28. The number of aromatic nitrogens is 1. The van der Waals surface area contributed by atoms with Gasteiger partial charge in [0.25, 0.3) is 0 Å². The number of thiazole rings is 1. The van der Waals surface area contributed by atoms with Crippen LogP contribution < -0.4 is 4.90 Å². The third-order valence-electron chi connectivity index (χ3n) is 4.53. The quantitative estimate of drug-likeness (QED) is 0.763. The number of carbonyl (C=O) groups excluding carboxylic acids is 1. The zero-order valence-corrected chi connectivity index (χ0v) is 17.8. The van der Waals surface area contributed by atoms with Gasteiger partial charge in [-0.05, 0) is 39.7 Å². The predicted octanol–water partition coefficient (Wildman–Crippen LogP) is 5.22. The molecule has 1 aromatic carbocycles. The minimum atomic E-state index is -0.195.